The maximum atomic E-state index is 12.3. The van der Waals surface area contributed by atoms with Crippen LogP contribution in [0.3, 0.4) is 0 Å². The first-order valence-corrected chi connectivity index (χ1v) is 8.17. The minimum absolute atomic E-state index is 0.0582. The number of rotatable bonds is 3. The van der Waals surface area contributed by atoms with E-state index in [0.717, 1.165) is 30.4 Å². The summed E-state index contributed by atoms with van der Waals surface area (Å²) in [6.07, 6.45) is 2.92. The fraction of sp³-hybridized carbons (Fsp3) is 0.571. The van der Waals surface area contributed by atoms with Crippen LogP contribution in [0.2, 0.25) is 0 Å². The summed E-state index contributed by atoms with van der Waals surface area (Å²) in [5.74, 6) is 0.595. The number of aryl methyl sites for hydroxylation is 1. The molecule has 0 aliphatic heterocycles. The summed E-state index contributed by atoms with van der Waals surface area (Å²) in [5.41, 5.74) is 8.23. The van der Waals surface area contributed by atoms with E-state index in [1.165, 1.54) is 0 Å². The van der Waals surface area contributed by atoms with E-state index in [4.69, 9.17) is 5.73 Å². The van der Waals surface area contributed by atoms with E-state index in [9.17, 15) is 8.42 Å². The highest BCUT2D eigenvalue weighted by atomic mass is 32.2. The molecule has 19 heavy (non-hydrogen) atoms. The summed E-state index contributed by atoms with van der Waals surface area (Å²) in [6.45, 7) is 5.93. The molecule has 2 atom stereocenters. The summed E-state index contributed by atoms with van der Waals surface area (Å²) < 4.78 is 27.5. The zero-order chi connectivity index (χ0) is 14.2. The summed E-state index contributed by atoms with van der Waals surface area (Å²) in [6, 6.07) is 3.29. The Kier molecular flexibility index (Phi) is 3.87. The number of nitrogen functional groups attached to an aromatic ring is 1. The summed E-state index contributed by atoms with van der Waals surface area (Å²) in [7, 11) is -3.46. The average Bonchev–Trinajstić information content (AvgIpc) is 2.70. The molecule has 2 unspecified atom stereocenters. The van der Waals surface area contributed by atoms with Crippen LogP contribution in [0.25, 0.3) is 0 Å². The molecule has 0 amide bonds. The first kappa shape index (κ1) is 14.3. The van der Waals surface area contributed by atoms with Crippen LogP contribution < -0.4 is 10.5 Å². The highest BCUT2D eigenvalue weighted by Gasteiger charge is 2.26. The smallest absolute Gasteiger partial charge is 0.240 e. The Morgan fingerprint density at radius 3 is 2.47 bits per heavy atom. The standard InChI is InChI=1S/C14H22N2O2S/c1-9-4-5-12(6-9)16-19(17,18)13-7-10(2)11(3)14(15)8-13/h7-9,12,16H,4-6,15H2,1-3H3. The van der Waals surface area contributed by atoms with Crippen LogP contribution in [-0.2, 0) is 10.0 Å². The van der Waals surface area contributed by atoms with Gasteiger partial charge in [-0.25, -0.2) is 13.1 Å². The van der Waals surface area contributed by atoms with Gasteiger partial charge in [-0.2, -0.15) is 0 Å². The van der Waals surface area contributed by atoms with Gasteiger partial charge in [0.1, 0.15) is 0 Å². The zero-order valence-corrected chi connectivity index (χ0v) is 12.5. The quantitative estimate of drug-likeness (QED) is 0.836. The Bertz CT molecular complexity index is 558. The van der Waals surface area contributed by atoms with Crippen molar-refractivity contribution in [1.29, 1.82) is 0 Å². The molecule has 0 spiro atoms. The van der Waals surface area contributed by atoms with Crippen molar-refractivity contribution in [3.8, 4) is 0 Å². The van der Waals surface area contributed by atoms with Crippen molar-refractivity contribution in [3.05, 3.63) is 23.3 Å². The summed E-state index contributed by atoms with van der Waals surface area (Å²) >= 11 is 0. The Morgan fingerprint density at radius 1 is 1.26 bits per heavy atom. The van der Waals surface area contributed by atoms with Crippen LogP contribution in [-0.4, -0.2) is 14.5 Å². The van der Waals surface area contributed by atoms with Gasteiger partial charge in [-0.05, 0) is 62.3 Å². The predicted octanol–water partition coefficient (Wildman–Crippen LogP) is 2.35. The van der Waals surface area contributed by atoms with Gasteiger partial charge < -0.3 is 5.73 Å². The van der Waals surface area contributed by atoms with E-state index in [2.05, 4.69) is 11.6 Å². The third kappa shape index (κ3) is 3.09. The molecule has 1 aliphatic rings. The topological polar surface area (TPSA) is 72.2 Å². The van der Waals surface area contributed by atoms with Crippen LogP contribution in [0.15, 0.2) is 17.0 Å². The normalized spacial score (nSPS) is 23.7. The number of benzene rings is 1. The van der Waals surface area contributed by atoms with Crippen LogP contribution in [0.1, 0.15) is 37.3 Å². The lowest BCUT2D eigenvalue weighted by Gasteiger charge is -2.15. The van der Waals surface area contributed by atoms with Crippen molar-refractivity contribution < 1.29 is 8.42 Å². The molecule has 5 heteroatoms. The van der Waals surface area contributed by atoms with Gasteiger partial charge in [-0.3, -0.25) is 0 Å². The minimum Gasteiger partial charge on any atom is -0.398 e. The van der Waals surface area contributed by atoms with E-state index in [-0.39, 0.29) is 10.9 Å². The highest BCUT2D eigenvalue weighted by Crippen LogP contribution is 2.27. The molecule has 1 fully saturated rings. The first-order valence-electron chi connectivity index (χ1n) is 6.68. The van der Waals surface area contributed by atoms with Crippen LogP contribution >= 0.6 is 0 Å². The van der Waals surface area contributed by atoms with Gasteiger partial charge in [0.25, 0.3) is 0 Å². The Labute approximate surface area is 115 Å². The molecule has 1 aromatic rings. The van der Waals surface area contributed by atoms with Gasteiger partial charge in [-0.15, -0.1) is 0 Å². The number of sulfonamides is 1. The van der Waals surface area contributed by atoms with Crippen molar-refractivity contribution in [2.45, 2.75) is 51.0 Å². The molecular formula is C14H22N2O2S. The molecule has 0 heterocycles. The Balaban J connectivity index is 2.25. The van der Waals surface area contributed by atoms with Crippen LogP contribution in [0.4, 0.5) is 5.69 Å². The molecular weight excluding hydrogens is 260 g/mol. The summed E-state index contributed by atoms with van der Waals surface area (Å²) in [4.78, 5) is 0.271. The summed E-state index contributed by atoms with van der Waals surface area (Å²) in [5, 5.41) is 0. The number of nitrogens with two attached hydrogens (primary N) is 1. The van der Waals surface area contributed by atoms with Gasteiger partial charge in [-0.1, -0.05) is 6.92 Å². The second-order valence-electron chi connectivity index (χ2n) is 5.69. The molecule has 0 aromatic heterocycles. The number of nitrogens with one attached hydrogen (secondary N) is 1. The van der Waals surface area contributed by atoms with Crippen molar-refractivity contribution >= 4 is 15.7 Å². The zero-order valence-electron chi connectivity index (χ0n) is 11.7. The first-order chi connectivity index (χ1) is 8.79. The lowest BCUT2D eigenvalue weighted by molar-refractivity contribution is 0.538. The lowest BCUT2D eigenvalue weighted by Crippen LogP contribution is -2.33. The van der Waals surface area contributed by atoms with Gasteiger partial charge in [0.05, 0.1) is 4.90 Å². The molecule has 1 aromatic carbocycles. The molecule has 0 radical (unpaired) electrons. The van der Waals surface area contributed by atoms with Gasteiger partial charge >= 0.3 is 0 Å². The predicted molar refractivity (Wildman–Crippen MR) is 77.5 cm³/mol. The minimum atomic E-state index is -3.46. The molecule has 0 saturated heterocycles. The van der Waals surface area contributed by atoms with E-state index in [1.807, 2.05) is 13.8 Å². The molecule has 106 valence electrons. The van der Waals surface area contributed by atoms with Crippen molar-refractivity contribution in [2.75, 3.05) is 5.73 Å². The lowest BCUT2D eigenvalue weighted by atomic mass is 10.1. The molecule has 3 N–H and O–H groups in total. The van der Waals surface area contributed by atoms with Crippen LogP contribution in [0, 0.1) is 19.8 Å². The Hall–Kier alpha value is -1.07. The van der Waals surface area contributed by atoms with Crippen LogP contribution in [0.5, 0.6) is 0 Å². The van der Waals surface area contributed by atoms with E-state index >= 15 is 0 Å². The van der Waals surface area contributed by atoms with Gasteiger partial charge in [0.15, 0.2) is 0 Å². The van der Waals surface area contributed by atoms with E-state index in [1.54, 1.807) is 12.1 Å². The maximum absolute atomic E-state index is 12.3. The third-order valence-corrected chi connectivity index (χ3v) is 5.51. The highest BCUT2D eigenvalue weighted by molar-refractivity contribution is 7.89. The second-order valence-corrected chi connectivity index (χ2v) is 7.40. The number of hydrogen-bond donors (Lipinski definition) is 2. The molecule has 2 rings (SSSR count). The van der Waals surface area contributed by atoms with Crippen molar-refractivity contribution in [3.63, 3.8) is 0 Å². The molecule has 0 bridgehead atoms. The fourth-order valence-corrected chi connectivity index (χ4v) is 4.01. The van der Waals surface area contributed by atoms with Crippen molar-refractivity contribution in [1.82, 2.24) is 4.72 Å². The molecule has 4 nitrogen and oxygen atoms in total. The monoisotopic (exact) mass is 282 g/mol. The van der Waals surface area contributed by atoms with Crippen molar-refractivity contribution in [2.24, 2.45) is 5.92 Å². The van der Waals surface area contributed by atoms with E-state index in [0.29, 0.717) is 11.6 Å². The number of hydrogen-bond acceptors (Lipinski definition) is 3. The largest absolute Gasteiger partial charge is 0.398 e. The average molecular weight is 282 g/mol. The van der Waals surface area contributed by atoms with Gasteiger partial charge in [0.2, 0.25) is 10.0 Å². The maximum Gasteiger partial charge on any atom is 0.240 e. The third-order valence-electron chi connectivity index (χ3n) is 4.01. The fourth-order valence-electron chi connectivity index (χ4n) is 2.61. The molecule has 1 saturated carbocycles. The molecule has 1 aliphatic carbocycles. The van der Waals surface area contributed by atoms with E-state index < -0.39 is 10.0 Å². The SMILES string of the molecule is Cc1cc(S(=O)(=O)NC2CCC(C)C2)cc(N)c1C. The number of anilines is 1. The van der Waals surface area contributed by atoms with Gasteiger partial charge in [0, 0.05) is 11.7 Å². The Morgan fingerprint density at radius 2 is 1.95 bits per heavy atom. The second kappa shape index (κ2) is 5.13.